The molecule has 0 aliphatic carbocycles. The van der Waals surface area contributed by atoms with E-state index in [-0.39, 0.29) is 18.2 Å². The van der Waals surface area contributed by atoms with Gasteiger partial charge in [0, 0.05) is 4.88 Å². The average molecular weight is 274 g/mol. The van der Waals surface area contributed by atoms with E-state index in [2.05, 4.69) is 0 Å². The van der Waals surface area contributed by atoms with Gasteiger partial charge in [0.1, 0.15) is 11.6 Å². The maximum Gasteiger partial charge on any atom is 0.132 e. The number of ether oxygens (including phenoxy) is 1. The van der Waals surface area contributed by atoms with Gasteiger partial charge in [0.2, 0.25) is 0 Å². The Labute approximate surface area is 110 Å². The van der Waals surface area contributed by atoms with Crippen LogP contribution in [-0.4, -0.2) is 7.11 Å². The lowest BCUT2D eigenvalue weighted by Gasteiger charge is -2.15. The first-order valence-electron chi connectivity index (χ1n) is 4.85. The summed E-state index contributed by atoms with van der Waals surface area (Å²) in [6.07, 6.45) is 0. The maximum absolute atomic E-state index is 13.7. The topological polar surface area (TPSA) is 35.2 Å². The third kappa shape index (κ3) is 2.77. The Morgan fingerprint density at radius 3 is 2.65 bits per heavy atom. The lowest BCUT2D eigenvalue weighted by Crippen LogP contribution is -2.13. The number of rotatable bonds is 3. The summed E-state index contributed by atoms with van der Waals surface area (Å²) in [4.78, 5) is 0.920. The molecule has 0 aliphatic rings. The second-order valence-corrected chi connectivity index (χ2v) is 4.33. The van der Waals surface area contributed by atoms with E-state index in [0.717, 1.165) is 4.88 Å². The standard InChI is InChI=1S/C12H12FNOS.ClH/c1-15-9-5-2-4-8(13)11(9)12(14)10-6-3-7-16-10;/h2-7,12H,14H2,1H3;1H/t12-;/m0./s1. The summed E-state index contributed by atoms with van der Waals surface area (Å²) >= 11 is 1.51. The van der Waals surface area contributed by atoms with Crippen LogP contribution in [0.5, 0.6) is 5.75 Å². The van der Waals surface area contributed by atoms with Gasteiger partial charge >= 0.3 is 0 Å². The van der Waals surface area contributed by atoms with E-state index >= 15 is 0 Å². The van der Waals surface area contributed by atoms with Gasteiger partial charge in [-0.3, -0.25) is 0 Å². The van der Waals surface area contributed by atoms with Crippen LogP contribution in [-0.2, 0) is 0 Å². The van der Waals surface area contributed by atoms with E-state index in [4.69, 9.17) is 10.5 Å². The number of methoxy groups -OCH3 is 1. The number of thiophene rings is 1. The molecule has 2 rings (SSSR count). The Bertz CT molecular complexity index is 475. The Morgan fingerprint density at radius 1 is 1.29 bits per heavy atom. The van der Waals surface area contributed by atoms with Gasteiger partial charge in [0.05, 0.1) is 18.7 Å². The number of halogens is 2. The molecule has 92 valence electrons. The lowest BCUT2D eigenvalue weighted by molar-refractivity contribution is 0.402. The number of benzene rings is 1. The molecule has 17 heavy (non-hydrogen) atoms. The first-order chi connectivity index (χ1) is 7.74. The Morgan fingerprint density at radius 2 is 2.06 bits per heavy atom. The molecule has 0 saturated carbocycles. The van der Waals surface area contributed by atoms with E-state index in [1.807, 2.05) is 17.5 Å². The Hall–Kier alpha value is -1.10. The molecular weight excluding hydrogens is 261 g/mol. The van der Waals surface area contributed by atoms with E-state index in [1.54, 1.807) is 12.1 Å². The van der Waals surface area contributed by atoms with E-state index in [9.17, 15) is 4.39 Å². The predicted octanol–water partition coefficient (Wildman–Crippen LogP) is 3.37. The third-order valence-corrected chi connectivity index (χ3v) is 3.35. The molecule has 1 atom stereocenters. The second kappa shape index (κ2) is 6.00. The summed E-state index contributed by atoms with van der Waals surface area (Å²) in [5, 5.41) is 1.92. The van der Waals surface area contributed by atoms with Crippen molar-refractivity contribution in [2.45, 2.75) is 6.04 Å². The molecule has 0 amide bonds. The molecule has 0 bridgehead atoms. The van der Waals surface area contributed by atoms with Crippen molar-refractivity contribution in [3.8, 4) is 5.75 Å². The van der Waals surface area contributed by atoms with Crippen LogP contribution in [0.2, 0.25) is 0 Å². The van der Waals surface area contributed by atoms with Crippen molar-refractivity contribution >= 4 is 23.7 Å². The fourth-order valence-electron chi connectivity index (χ4n) is 1.61. The number of nitrogens with two attached hydrogens (primary N) is 1. The summed E-state index contributed by atoms with van der Waals surface area (Å²) in [7, 11) is 1.51. The minimum absolute atomic E-state index is 0. The summed E-state index contributed by atoms with van der Waals surface area (Å²) in [6, 6.07) is 8.03. The van der Waals surface area contributed by atoms with Gasteiger partial charge < -0.3 is 10.5 Å². The van der Waals surface area contributed by atoms with Crippen LogP contribution < -0.4 is 10.5 Å². The van der Waals surface area contributed by atoms with Crippen LogP contribution in [0.4, 0.5) is 4.39 Å². The van der Waals surface area contributed by atoms with Crippen molar-refractivity contribution in [2.24, 2.45) is 5.73 Å². The Balaban J connectivity index is 0.00000144. The molecule has 0 radical (unpaired) electrons. The van der Waals surface area contributed by atoms with E-state index in [0.29, 0.717) is 11.3 Å². The molecule has 2 nitrogen and oxygen atoms in total. The highest BCUT2D eigenvalue weighted by Crippen LogP contribution is 2.32. The second-order valence-electron chi connectivity index (χ2n) is 3.35. The largest absolute Gasteiger partial charge is 0.496 e. The van der Waals surface area contributed by atoms with Crippen molar-refractivity contribution in [1.82, 2.24) is 0 Å². The summed E-state index contributed by atoms with van der Waals surface area (Å²) in [6.45, 7) is 0. The van der Waals surface area contributed by atoms with Crippen LogP contribution >= 0.6 is 23.7 Å². The van der Waals surface area contributed by atoms with Gasteiger partial charge in [-0.2, -0.15) is 0 Å². The smallest absolute Gasteiger partial charge is 0.132 e. The monoisotopic (exact) mass is 273 g/mol. The van der Waals surface area contributed by atoms with Crippen LogP contribution in [0.15, 0.2) is 35.7 Å². The molecule has 2 aromatic rings. The summed E-state index contributed by atoms with van der Waals surface area (Å²) in [5.74, 6) is 0.154. The quantitative estimate of drug-likeness (QED) is 0.931. The molecule has 1 aromatic heterocycles. The number of hydrogen-bond acceptors (Lipinski definition) is 3. The molecular formula is C12H13ClFNOS. The van der Waals surface area contributed by atoms with Crippen molar-refractivity contribution in [1.29, 1.82) is 0 Å². The predicted molar refractivity (Wildman–Crippen MR) is 70.5 cm³/mol. The molecule has 2 N–H and O–H groups in total. The SMILES string of the molecule is COc1cccc(F)c1[C@@H](N)c1cccs1.Cl. The fraction of sp³-hybridized carbons (Fsp3) is 0.167. The average Bonchev–Trinajstić information content (AvgIpc) is 2.81. The minimum atomic E-state index is -0.476. The van der Waals surface area contributed by atoms with E-state index < -0.39 is 6.04 Å². The normalized spacial score (nSPS) is 11.7. The van der Waals surface area contributed by atoms with Crippen molar-refractivity contribution in [3.63, 3.8) is 0 Å². The molecule has 1 aromatic carbocycles. The lowest BCUT2D eigenvalue weighted by atomic mass is 10.0. The van der Waals surface area contributed by atoms with Gasteiger partial charge in [0.15, 0.2) is 0 Å². The highest BCUT2D eigenvalue weighted by Gasteiger charge is 2.18. The van der Waals surface area contributed by atoms with Gasteiger partial charge in [0.25, 0.3) is 0 Å². The summed E-state index contributed by atoms with van der Waals surface area (Å²) in [5.41, 5.74) is 6.44. The first kappa shape index (κ1) is 14.0. The molecule has 0 aliphatic heterocycles. The highest BCUT2D eigenvalue weighted by atomic mass is 35.5. The first-order valence-corrected chi connectivity index (χ1v) is 5.73. The zero-order chi connectivity index (χ0) is 11.5. The molecule has 1 heterocycles. The Kier molecular flexibility index (Phi) is 4.93. The zero-order valence-corrected chi connectivity index (χ0v) is 10.9. The maximum atomic E-state index is 13.7. The fourth-order valence-corrected chi connectivity index (χ4v) is 2.34. The van der Waals surface area contributed by atoms with E-state index in [1.165, 1.54) is 24.5 Å². The van der Waals surface area contributed by atoms with Crippen LogP contribution in [0.3, 0.4) is 0 Å². The molecule has 0 unspecified atom stereocenters. The van der Waals surface area contributed by atoms with Crippen LogP contribution in [0, 0.1) is 5.82 Å². The van der Waals surface area contributed by atoms with Gasteiger partial charge in [-0.1, -0.05) is 12.1 Å². The van der Waals surface area contributed by atoms with Gasteiger partial charge in [-0.15, -0.1) is 23.7 Å². The van der Waals surface area contributed by atoms with Crippen LogP contribution in [0.25, 0.3) is 0 Å². The molecule has 5 heteroatoms. The highest BCUT2D eigenvalue weighted by molar-refractivity contribution is 7.10. The third-order valence-electron chi connectivity index (χ3n) is 2.39. The molecule has 0 fully saturated rings. The minimum Gasteiger partial charge on any atom is -0.496 e. The molecule has 0 spiro atoms. The van der Waals surface area contributed by atoms with Crippen LogP contribution in [0.1, 0.15) is 16.5 Å². The number of hydrogen-bond donors (Lipinski definition) is 1. The van der Waals surface area contributed by atoms with Crippen molar-refractivity contribution < 1.29 is 9.13 Å². The summed E-state index contributed by atoms with van der Waals surface area (Å²) < 4.78 is 18.9. The van der Waals surface area contributed by atoms with Gasteiger partial charge in [-0.25, -0.2) is 4.39 Å². The zero-order valence-electron chi connectivity index (χ0n) is 9.22. The molecule has 0 saturated heterocycles. The van der Waals surface area contributed by atoms with Crippen molar-refractivity contribution in [3.05, 3.63) is 52.0 Å². The van der Waals surface area contributed by atoms with Crippen molar-refractivity contribution in [2.75, 3.05) is 7.11 Å². The van der Waals surface area contributed by atoms with Gasteiger partial charge in [-0.05, 0) is 23.6 Å².